The molecule has 1 nitrogen and oxygen atoms in total. The van der Waals surface area contributed by atoms with Crippen molar-refractivity contribution in [2.45, 2.75) is 12.3 Å². The number of halogens is 5. The lowest BCUT2D eigenvalue weighted by atomic mass is 10.1. The Hall–Kier alpha value is -1.17. The molecule has 0 aliphatic heterocycles. The summed E-state index contributed by atoms with van der Waals surface area (Å²) < 4.78 is 64.8. The monoisotopic (exact) mass is 237 g/mol. The van der Waals surface area contributed by atoms with Crippen molar-refractivity contribution in [3.05, 3.63) is 34.6 Å². The molecular formula is C10H8F5N. The summed E-state index contributed by atoms with van der Waals surface area (Å²) in [5, 5.41) is 0. The highest BCUT2D eigenvalue weighted by Gasteiger charge is 2.43. The van der Waals surface area contributed by atoms with Crippen LogP contribution in [0.2, 0.25) is 0 Å². The topological polar surface area (TPSA) is 26.0 Å². The maximum absolute atomic E-state index is 13.2. The van der Waals surface area contributed by atoms with Gasteiger partial charge in [-0.05, 0) is 24.8 Å². The SMILES string of the molecule is NCC1CC1c1c(F)c(F)c(F)c(F)c1F. The minimum Gasteiger partial charge on any atom is -0.330 e. The maximum Gasteiger partial charge on any atom is 0.200 e. The molecule has 1 aliphatic rings. The van der Waals surface area contributed by atoms with E-state index in [2.05, 4.69) is 0 Å². The lowest BCUT2D eigenvalue weighted by Gasteiger charge is -2.07. The van der Waals surface area contributed by atoms with Crippen LogP contribution in [0.4, 0.5) is 22.0 Å². The van der Waals surface area contributed by atoms with E-state index in [0.29, 0.717) is 6.42 Å². The second kappa shape index (κ2) is 3.69. The first-order chi connectivity index (χ1) is 7.49. The molecule has 0 heterocycles. The van der Waals surface area contributed by atoms with Gasteiger partial charge in [-0.1, -0.05) is 0 Å². The summed E-state index contributed by atoms with van der Waals surface area (Å²) in [6.45, 7) is 0.171. The van der Waals surface area contributed by atoms with Crippen molar-refractivity contribution in [1.82, 2.24) is 0 Å². The van der Waals surface area contributed by atoms with Crippen LogP contribution >= 0.6 is 0 Å². The summed E-state index contributed by atoms with van der Waals surface area (Å²) in [6.07, 6.45) is 0.356. The first kappa shape index (κ1) is 11.3. The Bertz CT molecular complexity index is 416. The standard InChI is InChI=1S/C10H8F5N/c11-6-5(4-1-3(4)2-16)7(12)9(14)10(15)8(6)13/h3-4H,1-2,16H2. The number of hydrogen-bond acceptors (Lipinski definition) is 1. The smallest absolute Gasteiger partial charge is 0.200 e. The molecule has 2 atom stereocenters. The van der Waals surface area contributed by atoms with Gasteiger partial charge in [0.1, 0.15) is 0 Å². The van der Waals surface area contributed by atoms with E-state index in [1.54, 1.807) is 0 Å². The predicted molar refractivity (Wildman–Crippen MR) is 46.1 cm³/mol. The quantitative estimate of drug-likeness (QED) is 0.477. The minimum absolute atomic E-state index is 0.171. The van der Waals surface area contributed by atoms with Crippen LogP contribution in [-0.2, 0) is 0 Å². The van der Waals surface area contributed by atoms with E-state index in [9.17, 15) is 22.0 Å². The van der Waals surface area contributed by atoms with Crippen LogP contribution in [0, 0.1) is 35.0 Å². The lowest BCUT2D eigenvalue weighted by molar-refractivity contribution is 0.369. The molecule has 2 N–H and O–H groups in total. The molecule has 1 saturated carbocycles. The third-order valence-corrected chi connectivity index (χ3v) is 2.84. The Morgan fingerprint density at radius 3 is 1.69 bits per heavy atom. The molecule has 0 radical (unpaired) electrons. The Labute approximate surface area is 88.1 Å². The lowest BCUT2D eigenvalue weighted by Crippen LogP contribution is -2.09. The van der Waals surface area contributed by atoms with Crippen molar-refractivity contribution in [1.29, 1.82) is 0 Å². The molecule has 16 heavy (non-hydrogen) atoms. The van der Waals surface area contributed by atoms with Gasteiger partial charge in [0.25, 0.3) is 0 Å². The number of hydrogen-bond donors (Lipinski definition) is 1. The van der Waals surface area contributed by atoms with Gasteiger partial charge in [0.15, 0.2) is 23.3 Å². The number of rotatable bonds is 2. The van der Waals surface area contributed by atoms with E-state index in [1.807, 2.05) is 0 Å². The zero-order valence-electron chi connectivity index (χ0n) is 8.04. The molecule has 6 heteroatoms. The van der Waals surface area contributed by atoms with Gasteiger partial charge >= 0.3 is 0 Å². The fourth-order valence-electron chi connectivity index (χ4n) is 1.81. The summed E-state index contributed by atoms with van der Waals surface area (Å²) >= 11 is 0. The summed E-state index contributed by atoms with van der Waals surface area (Å²) in [5.41, 5.74) is 4.53. The van der Waals surface area contributed by atoms with Crippen molar-refractivity contribution in [3.8, 4) is 0 Å². The van der Waals surface area contributed by atoms with Crippen LogP contribution in [0.5, 0.6) is 0 Å². The van der Waals surface area contributed by atoms with Crippen molar-refractivity contribution in [2.24, 2.45) is 11.7 Å². The minimum atomic E-state index is -2.12. The van der Waals surface area contributed by atoms with Crippen LogP contribution in [0.25, 0.3) is 0 Å². The molecule has 2 rings (SSSR count). The van der Waals surface area contributed by atoms with E-state index >= 15 is 0 Å². The van der Waals surface area contributed by atoms with E-state index in [4.69, 9.17) is 5.73 Å². The van der Waals surface area contributed by atoms with Gasteiger partial charge < -0.3 is 5.73 Å². The Kier molecular flexibility index (Phi) is 2.61. The van der Waals surface area contributed by atoms with Crippen LogP contribution in [0.15, 0.2) is 0 Å². The molecule has 1 aromatic rings. The van der Waals surface area contributed by atoms with E-state index < -0.39 is 40.6 Å². The van der Waals surface area contributed by atoms with E-state index in [0.717, 1.165) is 0 Å². The van der Waals surface area contributed by atoms with Gasteiger partial charge in [-0.3, -0.25) is 0 Å². The fraction of sp³-hybridized carbons (Fsp3) is 0.400. The van der Waals surface area contributed by atoms with Crippen LogP contribution in [0.1, 0.15) is 17.9 Å². The van der Waals surface area contributed by atoms with Gasteiger partial charge in [-0.2, -0.15) is 0 Å². The summed E-state index contributed by atoms with van der Waals surface area (Å²) in [4.78, 5) is 0. The number of benzene rings is 1. The Morgan fingerprint density at radius 1 is 0.875 bits per heavy atom. The molecule has 0 amide bonds. The second-order valence-electron chi connectivity index (χ2n) is 3.82. The molecule has 1 aromatic carbocycles. The third kappa shape index (κ3) is 1.48. The molecule has 1 aliphatic carbocycles. The largest absolute Gasteiger partial charge is 0.330 e. The molecule has 0 spiro atoms. The Morgan fingerprint density at radius 2 is 1.31 bits per heavy atom. The molecule has 2 unspecified atom stereocenters. The van der Waals surface area contributed by atoms with Gasteiger partial charge in [-0.25, -0.2) is 22.0 Å². The van der Waals surface area contributed by atoms with Crippen molar-refractivity contribution in [3.63, 3.8) is 0 Å². The van der Waals surface area contributed by atoms with Crippen molar-refractivity contribution < 1.29 is 22.0 Å². The molecule has 88 valence electrons. The fourth-order valence-corrected chi connectivity index (χ4v) is 1.81. The van der Waals surface area contributed by atoms with Crippen LogP contribution in [0.3, 0.4) is 0 Å². The molecule has 0 aromatic heterocycles. The molecular weight excluding hydrogens is 229 g/mol. The van der Waals surface area contributed by atoms with E-state index in [-0.39, 0.29) is 12.5 Å². The van der Waals surface area contributed by atoms with Gasteiger partial charge in [0.2, 0.25) is 5.82 Å². The molecule has 0 saturated heterocycles. The zero-order chi connectivity index (χ0) is 12.0. The van der Waals surface area contributed by atoms with Crippen molar-refractivity contribution in [2.75, 3.05) is 6.54 Å². The van der Waals surface area contributed by atoms with Gasteiger partial charge in [-0.15, -0.1) is 0 Å². The van der Waals surface area contributed by atoms with E-state index in [1.165, 1.54) is 0 Å². The first-order valence-electron chi connectivity index (χ1n) is 4.70. The molecule has 0 bridgehead atoms. The maximum atomic E-state index is 13.2. The van der Waals surface area contributed by atoms with Crippen molar-refractivity contribution >= 4 is 0 Å². The highest BCUT2D eigenvalue weighted by molar-refractivity contribution is 5.31. The summed E-state index contributed by atoms with van der Waals surface area (Å²) in [5.74, 6) is -10.2. The highest BCUT2D eigenvalue weighted by atomic mass is 19.2. The first-order valence-corrected chi connectivity index (χ1v) is 4.70. The predicted octanol–water partition coefficient (Wildman–Crippen LogP) is 2.44. The average molecular weight is 237 g/mol. The van der Waals surface area contributed by atoms with Crippen LogP contribution < -0.4 is 5.73 Å². The zero-order valence-corrected chi connectivity index (χ0v) is 8.04. The third-order valence-electron chi connectivity index (χ3n) is 2.84. The number of nitrogens with two attached hydrogens (primary N) is 1. The average Bonchev–Trinajstić information content (AvgIpc) is 3.03. The normalized spacial score (nSPS) is 23.6. The molecule has 1 fully saturated rings. The van der Waals surface area contributed by atoms with Crippen LogP contribution in [-0.4, -0.2) is 6.54 Å². The summed E-state index contributed by atoms with van der Waals surface area (Å²) in [6, 6.07) is 0. The van der Waals surface area contributed by atoms with Gasteiger partial charge in [0, 0.05) is 5.56 Å². The summed E-state index contributed by atoms with van der Waals surface area (Å²) in [7, 11) is 0. The second-order valence-corrected chi connectivity index (χ2v) is 3.82. The highest BCUT2D eigenvalue weighted by Crippen LogP contribution is 2.49. The Balaban J connectivity index is 2.54. The van der Waals surface area contributed by atoms with Gasteiger partial charge in [0.05, 0.1) is 0 Å².